The number of H-pyrrole nitrogens is 1. The maximum atomic E-state index is 13.0. The number of aromatic nitrogens is 2. The van der Waals surface area contributed by atoms with E-state index in [1.54, 1.807) is 6.07 Å². The molecule has 142 valence electrons. The molecule has 2 aromatic heterocycles. The Balaban J connectivity index is 1.88. The fourth-order valence-electron chi connectivity index (χ4n) is 4.14. The first kappa shape index (κ1) is 18.1. The molecule has 5 nitrogen and oxygen atoms in total. The van der Waals surface area contributed by atoms with Crippen LogP contribution >= 0.6 is 11.6 Å². The zero-order chi connectivity index (χ0) is 19.0. The highest BCUT2D eigenvalue weighted by molar-refractivity contribution is 6.31. The lowest BCUT2D eigenvalue weighted by Gasteiger charge is -2.35. The molecule has 1 aliphatic rings. The van der Waals surface area contributed by atoms with Gasteiger partial charge in [0.25, 0.3) is 5.56 Å². The van der Waals surface area contributed by atoms with Crippen molar-refractivity contribution in [2.45, 2.75) is 39.5 Å². The summed E-state index contributed by atoms with van der Waals surface area (Å²) in [5.74, 6) is 1.26. The van der Waals surface area contributed by atoms with Crippen LogP contribution in [-0.2, 0) is 0 Å². The SMILES string of the molecule is CCCC1CCN(c2c(-c3cc(C)no3)c(=O)[nH]c3ccc(Cl)cc23)CC1. The number of anilines is 1. The number of fused-ring (bicyclic) bond motifs is 1. The van der Waals surface area contributed by atoms with Gasteiger partial charge in [-0.2, -0.15) is 0 Å². The first-order chi connectivity index (χ1) is 13.1. The van der Waals surface area contributed by atoms with Gasteiger partial charge in [0.2, 0.25) is 0 Å². The fraction of sp³-hybridized carbons (Fsp3) is 0.429. The number of benzene rings is 1. The highest BCUT2D eigenvalue weighted by Gasteiger charge is 2.26. The van der Waals surface area contributed by atoms with Crippen LogP contribution in [0.4, 0.5) is 5.69 Å². The molecule has 1 aromatic carbocycles. The predicted molar refractivity (Wildman–Crippen MR) is 110 cm³/mol. The van der Waals surface area contributed by atoms with Gasteiger partial charge in [0, 0.05) is 29.6 Å². The topological polar surface area (TPSA) is 62.1 Å². The summed E-state index contributed by atoms with van der Waals surface area (Å²) in [6, 6.07) is 7.40. The molecule has 0 amide bonds. The third-order valence-electron chi connectivity index (χ3n) is 5.45. The smallest absolute Gasteiger partial charge is 0.261 e. The van der Waals surface area contributed by atoms with Gasteiger partial charge in [0.1, 0.15) is 5.56 Å². The van der Waals surface area contributed by atoms with Gasteiger partial charge in [0.05, 0.1) is 16.9 Å². The molecule has 1 aliphatic heterocycles. The Labute approximate surface area is 163 Å². The maximum absolute atomic E-state index is 13.0. The normalized spacial score (nSPS) is 15.6. The average molecular weight is 386 g/mol. The second kappa shape index (κ2) is 7.39. The largest absolute Gasteiger partial charge is 0.370 e. The van der Waals surface area contributed by atoms with Gasteiger partial charge in [-0.25, -0.2) is 0 Å². The molecule has 4 rings (SSSR count). The monoisotopic (exact) mass is 385 g/mol. The fourth-order valence-corrected chi connectivity index (χ4v) is 4.31. The maximum Gasteiger partial charge on any atom is 0.261 e. The summed E-state index contributed by atoms with van der Waals surface area (Å²) in [5.41, 5.74) is 2.83. The molecule has 1 saturated heterocycles. The Hall–Kier alpha value is -2.27. The lowest BCUT2D eigenvalue weighted by molar-refractivity contribution is 0.378. The molecule has 1 N–H and O–H groups in total. The van der Waals surface area contributed by atoms with E-state index in [-0.39, 0.29) is 5.56 Å². The summed E-state index contributed by atoms with van der Waals surface area (Å²) < 4.78 is 5.47. The summed E-state index contributed by atoms with van der Waals surface area (Å²) in [7, 11) is 0. The van der Waals surface area contributed by atoms with Gasteiger partial charge in [-0.1, -0.05) is 36.5 Å². The molecule has 0 atom stereocenters. The van der Waals surface area contributed by atoms with Crippen LogP contribution in [0.15, 0.2) is 33.6 Å². The molecule has 0 unspecified atom stereocenters. The van der Waals surface area contributed by atoms with Gasteiger partial charge in [-0.15, -0.1) is 0 Å². The van der Waals surface area contributed by atoms with Crippen molar-refractivity contribution in [2.24, 2.45) is 5.92 Å². The molecule has 6 heteroatoms. The molecule has 0 bridgehead atoms. The van der Waals surface area contributed by atoms with Crippen molar-refractivity contribution in [1.82, 2.24) is 10.1 Å². The molecule has 0 saturated carbocycles. The van der Waals surface area contributed by atoms with Crippen LogP contribution in [0.1, 0.15) is 38.3 Å². The zero-order valence-electron chi connectivity index (χ0n) is 15.7. The Morgan fingerprint density at radius 1 is 1.30 bits per heavy atom. The number of halogens is 1. The average Bonchev–Trinajstić information content (AvgIpc) is 3.08. The van der Waals surface area contributed by atoms with Crippen LogP contribution in [0.2, 0.25) is 5.02 Å². The number of piperidine rings is 1. The molecule has 0 spiro atoms. The summed E-state index contributed by atoms with van der Waals surface area (Å²) in [4.78, 5) is 18.2. The Bertz CT molecular complexity index is 1020. The van der Waals surface area contributed by atoms with Crippen molar-refractivity contribution >= 4 is 28.2 Å². The van der Waals surface area contributed by atoms with E-state index < -0.39 is 0 Å². The van der Waals surface area contributed by atoms with Crippen molar-refractivity contribution in [3.63, 3.8) is 0 Å². The minimum atomic E-state index is -0.161. The number of nitrogens with zero attached hydrogens (tertiary/aromatic N) is 2. The van der Waals surface area contributed by atoms with Crippen LogP contribution in [-0.4, -0.2) is 23.2 Å². The number of hydrogen-bond donors (Lipinski definition) is 1. The number of aryl methyl sites for hydroxylation is 1. The molecule has 0 radical (unpaired) electrons. The Kier molecular flexibility index (Phi) is 4.96. The lowest BCUT2D eigenvalue weighted by atomic mass is 9.91. The molecule has 1 fully saturated rings. The van der Waals surface area contributed by atoms with Gasteiger partial charge < -0.3 is 14.4 Å². The van der Waals surface area contributed by atoms with E-state index in [1.165, 1.54) is 12.8 Å². The number of hydrogen-bond acceptors (Lipinski definition) is 4. The lowest BCUT2D eigenvalue weighted by Crippen LogP contribution is -2.35. The summed E-state index contributed by atoms with van der Waals surface area (Å²) in [6.07, 6.45) is 4.76. The highest BCUT2D eigenvalue weighted by atomic mass is 35.5. The van der Waals surface area contributed by atoms with E-state index in [4.69, 9.17) is 16.1 Å². The van der Waals surface area contributed by atoms with Gasteiger partial charge in [-0.3, -0.25) is 4.79 Å². The molecular formula is C21H24ClN3O2. The number of aromatic amines is 1. The molecule has 0 aliphatic carbocycles. The molecular weight excluding hydrogens is 362 g/mol. The van der Waals surface area contributed by atoms with Crippen molar-refractivity contribution in [3.8, 4) is 11.3 Å². The highest BCUT2D eigenvalue weighted by Crippen LogP contribution is 2.38. The third kappa shape index (κ3) is 3.48. The van der Waals surface area contributed by atoms with Crippen LogP contribution in [0.25, 0.3) is 22.2 Å². The number of rotatable bonds is 4. The summed E-state index contributed by atoms with van der Waals surface area (Å²) in [6.45, 7) is 5.95. The zero-order valence-corrected chi connectivity index (χ0v) is 16.5. The number of nitrogens with one attached hydrogen (secondary N) is 1. The number of pyridine rings is 1. The quantitative estimate of drug-likeness (QED) is 0.673. The first-order valence-electron chi connectivity index (χ1n) is 9.61. The van der Waals surface area contributed by atoms with Crippen molar-refractivity contribution in [2.75, 3.05) is 18.0 Å². The standard InChI is InChI=1S/C21H24ClN3O2/c1-3-4-14-7-9-25(10-8-14)20-16-12-15(22)5-6-17(16)23-21(26)19(20)18-11-13(2)24-27-18/h5-6,11-12,14H,3-4,7-10H2,1-2H3,(H,23,26). The van der Waals surface area contributed by atoms with E-state index in [1.807, 2.05) is 25.1 Å². The Morgan fingerprint density at radius 3 is 2.74 bits per heavy atom. The van der Waals surface area contributed by atoms with E-state index in [9.17, 15) is 4.79 Å². The first-order valence-corrected chi connectivity index (χ1v) is 9.98. The molecule has 3 aromatic rings. The van der Waals surface area contributed by atoms with Gasteiger partial charge in [-0.05, 0) is 43.9 Å². The van der Waals surface area contributed by atoms with Crippen molar-refractivity contribution in [3.05, 3.63) is 45.3 Å². The third-order valence-corrected chi connectivity index (χ3v) is 5.69. The van der Waals surface area contributed by atoms with Gasteiger partial charge in [0.15, 0.2) is 5.76 Å². The second-order valence-corrected chi connectivity index (χ2v) is 7.86. The summed E-state index contributed by atoms with van der Waals surface area (Å²) in [5, 5.41) is 5.58. The van der Waals surface area contributed by atoms with Crippen molar-refractivity contribution in [1.29, 1.82) is 0 Å². The minimum Gasteiger partial charge on any atom is -0.370 e. The van der Waals surface area contributed by atoms with Gasteiger partial charge >= 0.3 is 0 Å². The molecule has 3 heterocycles. The van der Waals surface area contributed by atoms with E-state index in [0.717, 1.165) is 54.1 Å². The van der Waals surface area contributed by atoms with E-state index >= 15 is 0 Å². The Morgan fingerprint density at radius 2 is 2.07 bits per heavy atom. The second-order valence-electron chi connectivity index (χ2n) is 7.42. The van der Waals surface area contributed by atoms with E-state index in [0.29, 0.717) is 16.3 Å². The van der Waals surface area contributed by atoms with Crippen LogP contribution < -0.4 is 10.5 Å². The van der Waals surface area contributed by atoms with Crippen molar-refractivity contribution < 1.29 is 4.52 Å². The van der Waals surface area contributed by atoms with Crippen LogP contribution in [0.3, 0.4) is 0 Å². The molecule has 27 heavy (non-hydrogen) atoms. The van der Waals surface area contributed by atoms with Crippen LogP contribution in [0, 0.1) is 12.8 Å². The predicted octanol–water partition coefficient (Wildman–Crippen LogP) is 5.16. The minimum absolute atomic E-state index is 0.161. The summed E-state index contributed by atoms with van der Waals surface area (Å²) >= 11 is 6.29. The van der Waals surface area contributed by atoms with Crippen LogP contribution in [0.5, 0.6) is 0 Å². The van der Waals surface area contributed by atoms with E-state index in [2.05, 4.69) is 22.0 Å².